The summed E-state index contributed by atoms with van der Waals surface area (Å²) in [5, 5.41) is 17.6. The van der Waals surface area contributed by atoms with Gasteiger partial charge in [-0.25, -0.2) is 0 Å². The molecular weight excluding hydrogens is 328 g/mol. The summed E-state index contributed by atoms with van der Waals surface area (Å²) in [7, 11) is 2.18. The lowest BCUT2D eigenvalue weighted by molar-refractivity contribution is 0.195. The lowest BCUT2D eigenvalue weighted by Gasteiger charge is -2.44. The number of fused-ring (bicyclic) bond motifs is 1. The Balaban J connectivity index is 1.40. The Bertz CT molecular complexity index is 870. The van der Waals surface area contributed by atoms with E-state index in [2.05, 4.69) is 52.9 Å². The fourth-order valence-corrected chi connectivity index (χ4v) is 3.21. The van der Waals surface area contributed by atoms with Gasteiger partial charge in [0.2, 0.25) is 0 Å². The first-order valence-corrected chi connectivity index (χ1v) is 9.07. The van der Waals surface area contributed by atoms with Crippen molar-refractivity contribution in [1.82, 2.24) is 34.5 Å². The van der Waals surface area contributed by atoms with Crippen LogP contribution in [0.4, 0.5) is 5.82 Å². The molecule has 0 aliphatic carbocycles. The summed E-state index contributed by atoms with van der Waals surface area (Å²) in [4.78, 5) is 4.71. The van der Waals surface area contributed by atoms with Gasteiger partial charge in [-0.2, -0.15) is 9.61 Å². The first-order chi connectivity index (χ1) is 12.4. The van der Waals surface area contributed by atoms with Crippen molar-refractivity contribution in [3.63, 3.8) is 0 Å². The number of hydrogen-bond donors (Lipinski definition) is 0. The second kappa shape index (κ2) is 6.35. The second-order valence-corrected chi connectivity index (χ2v) is 8.04. The molecular formula is C18H26N8. The quantitative estimate of drug-likeness (QED) is 0.691. The third kappa shape index (κ3) is 3.16. The van der Waals surface area contributed by atoms with Gasteiger partial charge in [0.25, 0.3) is 0 Å². The third-order valence-corrected chi connectivity index (χ3v) is 4.97. The number of anilines is 1. The van der Waals surface area contributed by atoms with Crippen molar-refractivity contribution < 1.29 is 0 Å². The average molecular weight is 354 g/mol. The van der Waals surface area contributed by atoms with Crippen LogP contribution in [0.5, 0.6) is 0 Å². The maximum Gasteiger partial charge on any atom is 0.178 e. The molecule has 1 aliphatic rings. The first kappa shape index (κ1) is 17.0. The lowest BCUT2D eigenvalue weighted by atomic mass is 9.96. The summed E-state index contributed by atoms with van der Waals surface area (Å²) in [5.74, 6) is 1.88. The molecule has 0 bridgehead atoms. The van der Waals surface area contributed by atoms with Crippen molar-refractivity contribution in [2.24, 2.45) is 0 Å². The molecule has 3 aromatic rings. The number of nitrogens with zero attached hydrogens (tertiary/aromatic N) is 8. The predicted molar refractivity (Wildman–Crippen MR) is 100 cm³/mol. The molecule has 3 aromatic heterocycles. The number of rotatable bonds is 5. The van der Waals surface area contributed by atoms with E-state index in [9.17, 15) is 0 Å². The van der Waals surface area contributed by atoms with E-state index < -0.39 is 0 Å². The summed E-state index contributed by atoms with van der Waals surface area (Å²) < 4.78 is 3.85. The molecule has 8 nitrogen and oxygen atoms in total. The minimum absolute atomic E-state index is 0.0881. The van der Waals surface area contributed by atoms with E-state index in [-0.39, 0.29) is 5.41 Å². The van der Waals surface area contributed by atoms with Gasteiger partial charge in [-0.15, -0.1) is 15.3 Å². The van der Waals surface area contributed by atoms with Crippen LogP contribution in [0.25, 0.3) is 5.65 Å². The molecule has 4 rings (SSSR count). The van der Waals surface area contributed by atoms with Crippen LogP contribution in [0.15, 0.2) is 30.6 Å². The fraction of sp³-hybridized carbons (Fsp3) is 0.556. The zero-order chi connectivity index (χ0) is 18.3. The summed E-state index contributed by atoms with van der Waals surface area (Å²) in [6, 6.07) is 6.55. The van der Waals surface area contributed by atoms with Crippen molar-refractivity contribution in [1.29, 1.82) is 0 Å². The van der Waals surface area contributed by atoms with Crippen LogP contribution in [0, 0.1) is 0 Å². The molecule has 0 amide bonds. The van der Waals surface area contributed by atoms with E-state index in [1.54, 1.807) is 0 Å². The largest absolute Gasteiger partial charge is 0.352 e. The molecule has 138 valence electrons. The molecule has 0 unspecified atom stereocenters. The van der Waals surface area contributed by atoms with Gasteiger partial charge in [-0.3, -0.25) is 9.58 Å². The van der Waals surface area contributed by atoms with E-state index in [1.807, 2.05) is 39.8 Å². The van der Waals surface area contributed by atoms with Gasteiger partial charge in [-0.05, 0) is 25.2 Å². The van der Waals surface area contributed by atoms with Crippen LogP contribution < -0.4 is 4.90 Å². The molecule has 0 atom stereocenters. The van der Waals surface area contributed by atoms with Crippen molar-refractivity contribution in [3.05, 3.63) is 36.4 Å². The number of likely N-dealkylation sites (N-methyl/N-ethyl adjacent to an activating group) is 1. The molecule has 8 heteroatoms. The Labute approximate surface area is 153 Å². The first-order valence-electron chi connectivity index (χ1n) is 9.07. The van der Waals surface area contributed by atoms with Gasteiger partial charge < -0.3 is 4.90 Å². The molecule has 1 saturated heterocycles. The fourth-order valence-electron chi connectivity index (χ4n) is 3.21. The Morgan fingerprint density at radius 2 is 2.00 bits per heavy atom. The topological polar surface area (TPSA) is 67.4 Å². The van der Waals surface area contributed by atoms with Crippen LogP contribution >= 0.6 is 0 Å². The normalized spacial score (nSPS) is 15.8. The molecule has 0 saturated carbocycles. The van der Waals surface area contributed by atoms with E-state index in [4.69, 9.17) is 5.10 Å². The summed E-state index contributed by atoms with van der Waals surface area (Å²) >= 11 is 0. The van der Waals surface area contributed by atoms with Gasteiger partial charge >= 0.3 is 0 Å². The maximum atomic E-state index is 4.79. The SMILES string of the molecule is CN(CCn1cccn1)C1CN(c2ccc3nnc(C(C)(C)C)n3n2)C1. The monoisotopic (exact) mass is 354 g/mol. The van der Waals surface area contributed by atoms with Crippen molar-refractivity contribution in [3.8, 4) is 0 Å². The molecule has 1 fully saturated rings. The van der Waals surface area contributed by atoms with E-state index >= 15 is 0 Å². The Morgan fingerprint density at radius 1 is 1.19 bits per heavy atom. The summed E-state index contributed by atoms with van der Waals surface area (Å²) in [6.45, 7) is 10.3. The Kier molecular flexibility index (Phi) is 4.14. The van der Waals surface area contributed by atoms with Crippen LogP contribution in [-0.2, 0) is 12.0 Å². The highest BCUT2D eigenvalue weighted by molar-refractivity contribution is 5.48. The Hall–Kier alpha value is -2.48. The standard InChI is InChI=1S/C18H26N8/c1-18(2,3)17-21-20-15-6-7-16(22-26(15)17)24-12-14(13-24)23(4)10-11-25-9-5-8-19-25/h5-9,14H,10-13H2,1-4H3. The zero-order valence-corrected chi connectivity index (χ0v) is 15.9. The van der Waals surface area contributed by atoms with Crippen molar-refractivity contribution in [2.75, 3.05) is 31.6 Å². The molecule has 26 heavy (non-hydrogen) atoms. The van der Waals surface area contributed by atoms with Gasteiger partial charge in [0.05, 0.1) is 6.54 Å². The molecule has 0 radical (unpaired) electrons. The van der Waals surface area contributed by atoms with Gasteiger partial charge in [0.15, 0.2) is 11.5 Å². The molecule has 0 N–H and O–H groups in total. The van der Waals surface area contributed by atoms with E-state index in [1.165, 1.54) is 0 Å². The second-order valence-electron chi connectivity index (χ2n) is 8.04. The minimum atomic E-state index is -0.0881. The highest BCUT2D eigenvalue weighted by Gasteiger charge is 2.31. The summed E-state index contributed by atoms with van der Waals surface area (Å²) in [6.07, 6.45) is 3.83. The van der Waals surface area contributed by atoms with E-state index in [0.717, 1.165) is 43.5 Å². The molecule has 0 spiro atoms. The van der Waals surface area contributed by atoms with Crippen LogP contribution in [-0.4, -0.2) is 67.2 Å². The number of hydrogen-bond acceptors (Lipinski definition) is 6. The van der Waals surface area contributed by atoms with Crippen molar-refractivity contribution >= 4 is 11.5 Å². The minimum Gasteiger partial charge on any atom is -0.352 e. The van der Waals surface area contributed by atoms with Crippen LogP contribution in [0.1, 0.15) is 26.6 Å². The van der Waals surface area contributed by atoms with Crippen LogP contribution in [0.3, 0.4) is 0 Å². The zero-order valence-electron chi connectivity index (χ0n) is 15.9. The highest BCUT2D eigenvalue weighted by Crippen LogP contribution is 2.24. The molecule has 1 aliphatic heterocycles. The van der Waals surface area contributed by atoms with E-state index in [0.29, 0.717) is 6.04 Å². The lowest BCUT2D eigenvalue weighted by Crippen LogP contribution is -2.59. The predicted octanol–water partition coefficient (Wildman–Crippen LogP) is 1.44. The number of aromatic nitrogens is 6. The third-order valence-electron chi connectivity index (χ3n) is 4.97. The Morgan fingerprint density at radius 3 is 2.69 bits per heavy atom. The maximum absolute atomic E-state index is 4.79. The smallest absolute Gasteiger partial charge is 0.178 e. The highest BCUT2D eigenvalue weighted by atomic mass is 15.4. The van der Waals surface area contributed by atoms with Crippen molar-refractivity contribution in [2.45, 2.75) is 38.8 Å². The van der Waals surface area contributed by atoms with Gasteiger partial charge in [0.1, 0.15) is 5.82 Å². The molecule has 0 aromatic carbocycles. The van der Waals surface area contributed by atoms with Gasteiger partial charge in [-0.1, -0.05) is 20.8 Å². The molecule has 4 heterocycles. The summed E-state index contributed by atoms with van der Waals surface area (Å²) in [5.41, 5.74) is 0.710. The average Bonchev–Trinajstić information content (AvgIpc) is 3.20. The van der Waals surface area contributed by atoms with Gasteiger partial charge in [0, 0.05) is 43.5 Å². The van der Waals surface area contributed by atoms with Crippen LogP contribution in [0.2, 0.25) is 0 Å².